The monoisotopic (exact) mass is 369 g/mol. The Morgan fingerprint density at radius 1 is 1.45 bits per heavy atom. The molecule has 0 unspecified atom stereocenters. The highest BCUT2D eigenvalue weighted by Gasteiger charge is 2.23. The van der Waals surface area contributed by atoms with Gasteiger partial charge < -0.3 is 4.74 Å². The van der Waals surface area contributed by atoms with E-state index in [4.69, 9.17) is 4.74 Å². The van der Waals surface area contributed by atoms with Gasteiger partial charge >= 0.3 is 0 Å². The van der Waals surface area contributed by atoms with Gasteiger partial charge in [-0.15, -0.1) is 0 Å². The number of hydrogen-bond acceptors (Lipinski definition) is 3. The van der Waals surface area contributed by atoms with E-state index in [1.807, 2.05) is 0 Å². The van der Waals surface area contributed by atoms with Gasteiger partial charge in [-0.25, -0.2) is 21.9 Å². The molecule has 1 rings (SSSR count). The Hall–Kier alpha value is -0.830. The van der Waals surface area contributed by atoms with E-state index < -0.39 is 26.6 Å². The lowest BCUT2D eigenvalue weighted by molar-refractivity contribution is 0.162. The fourth-order valence-corrected chi connectivity index (χ4v) is 3.53. The van der Waals surface area contributed by atoms with Gasteiger partial charge in [-0.3, -0.25) is 0 Å². The summed E-state index contributed by atoms with van der Waals surface area (Å²) in [5, 5.41) is 0. The normalized spacial score (nSPS) is 11.6. The number of benzene rings is 1. The molecule has 1 aromatic rings. The summed E-state index contributed by atoms with van der Waals surface area (Å²) in [6.07, 6.45) is 0. The Labute approximate surface area is 125 Å². The summed E-state index contributed by atoms with van der Waals surface area (Å²) in [6.45, 7) is 5.80. The van der Waals surface area contributed by atoms with Crippen molar-refractivity contribution in [3.63, 3.8) is 0 Å². The van der Waals surface area contributed by atoms with Crippen LogP contribution in [0.25, 0.3) is 0 Å². The van der Waals surface area contributed by atoms with Gasteiger partial charge in [0.25, 0.3) is 0 Å². The van der Waals surface area contributed by atoms with Gasteiger partial charge in [0.15, 0.2) is 0 Å². The number of hydrogen-bond donors (Lipinski definition) is 1. The van der Waals surface area contributed by atoms with Gasteiger partial charge in [0, 0.05) is 17.1 Å². The molecule has 0 saturated heterocycles. The second kappa shape index (κ2) is 7.26. The highest BCUT2D eigenvalue weighted by molar-refractivity contribution is 9.10. The second-order valence-corrected chi connectivity index (χ2v) is 6.66. The molecule has 1 aromatic carbocycles. The molecule has 0 aliphatic heterocycles. The highest BCUT2D eigenvalue weighted by Crippen LogP contribution is 2.25. The molecule has 0 saturated carbocycles. The number of sulfonamides is 1. The molecule has 0 spiro atoms. The number of nitrogens with one attached hydrogen (secondary N) is 1. The molecule has 0 aliphatic carbocycles. The predicted octanol–water partition coefficient (Wildman–Crippen LogP) is 2.60. The van der Waals surface area contributed by atoms with Crippen molar-refractivity contribution in [2.45, 2.75) is 11.8 Å². The van der Waals surface area contributed by atoms with E-state index in [-0.39, 0.29) is 17.6 Å². The van der Waals surface area contributed by atoms with Gasteiger partial charge in [0.2, 0.25) is 10.0 Å². The molecule has 0 fully saturated rings. The van der Waals surface area contributed by atoms with Crippen molar-refractivity contribution in [3.8, 4) is 0 Å². The Bertz CT molecular complexity index is 582. The van der Waals surface area contributed by atoms with E-state index in [1.165, 1.54) is 0 Å². The highest BCUT2D eigenvalue weighted by atomic mass is 79.9. The van der Waals surface area contributed by atoms with Crippen LogP contribution in [0.15, 0.2) is 33.7 Å². The van der Waals surface area contributed by atoms with Crippen molar-refractivity contribution in [2.75, 3.05) is 19.8 Å². The third-order valence-corrected chi connectivity index (χ3v) is 4.54. The summed E-state index contributed by atoms with van der Waals surface area (Å²) in [5.41, 5.74) is 0.806. The molecule has 20 heavy (non-hydrogen) atoms. The topological polar surface area (TPSA) is 55.4 Å². The van der Waals surface area contributed by atoms with Crippen LogP contribution in [0.1, 0.15) is 6.92 Å². The lowest BCUT2D eigenvalue weighted by Crippen LogP contribution is -2.28. The van der Waals surface area contributed by atoms with Gasteiger partial charge in [0.1, 0.15) is 16.5 Å². The Balaban J connectivity index is 2.73. The van der Waals surface area contributed by atoms with Crippen LogP contribution in [0.5, 0.6) is 0 Å². The van der Waals surface area contributed by atoms with Crippen molar-refractivity contribution >= 4 is 26.0 Å². The molecule has 0 amide bonds. The first-order chi connectivity index (χ1) is 9.24. The molecule has 112 valence electrons. The van der Waals surface area contributed by atoms with Crippen LogP contribution >= 0.6 is 15.9 Å². The minimum atomic E-state index is -4.08. The summed E-state index contributed by atoms with van der Waals surface area (Å²) in [4.78, 5) is -0.626. The molecule has 0 aliphatic rings. The molecule has 0 bridgehead atoms. The number of rotatable bonds is 7. The van der Waals surface area contributed by atoms with Gasteiger partial charge in [-0.1, -0.05) is 12.2 Å². The molecule has 8 heteroatoms. The molecule has 1 N–H and O–H groups in total. The summed E-state index contributed by atoms with van der Waals surface area (Å²) in [5.74, 6) is -2.02. The second-order valence-electron chi connectivity index (χ2n) is 4.11. The molecular weight excluding hydrogens is 356 g/mol. The van der Waals surface area contributed by atoms with Crippen molar-refractivity contribution in [1.29, 1.82) is 0 Å². The SMILES string of the molecule is C=C(C)COCCNS(=O)(=O)c1c(F)cc(F)cc1Br. The van der Waals surface area contributed by atoms with Crippen LogP contribution < -0.4 is 4.72 Å². The Morgan fingerprint density at radius 2 is 2.10 bits per heavy atom. The summed E-state index contributed by atoms with van der Waals surface area (Å²) in [7, 11) is -4.08. The first-order valence-corrected chi connectivity index (χ1v) is 7.88. The average molecular weight is 370 g/mol. The first-order valence-electron chi connectivity index (χ1n) is 5.60. The van der Waals surface area contributed by atoms with Crippen LogP contribution in [0.2, 0.25) is 0 Å². The lowest BCUT2D eigenvalue weighted by atomic mass is 10.3. The fraction of sp³-hybridized carbons (Fsp3) is 0.333. The minimum Gasteiger partial charge on any atom is -0.376 e. The summed E-state index contributed by atoms with van der Waals surface area (Å²) < 4.78 is 57.4. The number of ether oxygens (including phenoxy) is 1. The Kier molecular flexibility index (Phi) is 6.25. The van der Waals surface area contributed by atoms with Gasteiger partial charge in [0.05, 0.1) is 13.2 Å². The van der Waals surface area contributed by atoms with Crippen molar-refractivity contribution in [1.82, 2.24) is 4.72 Å². The molecule has 4 nitrogen and oxygen atoms in total. The van der Waals surface area contributed by atoms with Crippen LogP contribution in [0.3, 0.4) is 0 Å². The van der Waals surface area contributed by atoms with Crippen molar-refractivity contribution in [2.24, 2.45) is 0 Å². The smallest absolute Gasteiger partial charge is 0.244 e. The summed E-state index contributed by atoms with van der Waals surface area (Å²) in [6, 6.07) is 1.39. The first kappa shape index (κ1) is 17.2. The average Bonchev–Trinajstić information content (AvgIpc) is 2.25. The van der Waals surface area contributed by atoms with E-state index >= 15 is 0 Å². The number of halogens is 3. The van der Waals surface area contributed by atoms with E-state index in [9.17, 15) is 17.2 Å². The maximum atomic E-state index is 13.6. The molecule has 0 atom stereocenters. The molecular formula is C12H14BrF2NO3S. The van der Waals surface area contributed by atoms with Crippen molar-refractivity contribution in [3.05, 3.63) is 40.4 Å². The zero-order valence-corrected chi connectivity index (χ0v) is 13.2. The minimum absolute atomic E-state index is 0.0289. The lowest BCUT2D eigenvalue weighted by Gasteiger charge is -2.10. The van der Waals surface area contributed by atoms with Gasteiger partial charge in [-0.05, 0) is 28.9 Å². The zero-order valence-electron chi connectivity index (χ0n) is 10.8. The third kappa shape index (κ3) is 4.93. The van der Waals surface area contributed by atoms with E-state index in [1.54, 1.807) is 6.92 Å². The molecule has 0 radical (unpaired) electrons. The Morgan fingerprint density at radius 3 is 2.65 bits per heavy atom. The zero-order chi connectivity index (χ0) is 15.3. The van der Waals surface area contributed by atoms with E-state index in [0.717, 1.165) is 11.6 Å². The quantitative estimate of drug-likeness (QED) is 0.593. The predicted molar refractivity (Wildman–Crippen MR) is 74.9 cm³/mol. The standard InChI is InChI=1S/C12H14BrF2NO3S/c1-8(2)7-19-4-3-16-20(17,18)12-10(13)5-9(14)6-11(12)15/h5-6,16H,1,3-4,7H2,2H3. The van der Waals surface area contributed by atoms with Crippen LogP contribution in [0.4, 0.5) is 8.78 Å². The fourth-order valence-electron chi connectivity index (χ4n) is 1.35. The molecule has 0 heterocycles. The maximum absolute atomic E-state index is 13.6. The van der Waals surface area contributed by atoms with Gasteiger partial charge in [-0.2, -0.15) is 0 Å². The van der Waals surface area contributed by atoms with Crippen LogP contribution in [-0.4, -0.2) is 28.2 Å². The summed E-state index contributed by atoms with van der Waals surface area (Å²) >= 11 is 2.83. The van der Waals surface area contributed by atoms with E-state index in [0.29, 0.717) is 12.7 Å². The molecule has 0 aromatic heterocycles. The van der Waals surface area contributed by atoms with E-state index in [2.05, 4.69) is 27.2 Å². The third-order valence-electron chi connectivity index (χ3n) is 2.12. The maximum Gasteiger partial charge on any atom is 0.244 e. The largest absolute Gasteiger partial charge is 0.376 e. The van der Waals surface area contributed by atoms with Crippen LogP contribution in [0, 0.1) is 11.6 Å². The van der Waals surface area contributed by atoms with Crippen LogP contribution in [-0.2, 0) is 14.8 Å². The van der Waals surface area contributed by atoms with Crippen molar-refractivity contribution < 1.29 is 21.9 Å².